The van der Waals surface area contributed by atoms with Crippen LogP contribution < -0.4 is 10.6 Å². The van der Waals surface area contributed by atoms with Gasteiger partial charge in [0.1, 0.15) is 4.99 Å². The molecule has 0 aliphatic carbocycles. The minimum Gasteiger partial charge on any atom is -0.389 e. The summed E-state index contributed by atoms with van der Waals surface area (Å²) in [4.78, 5) is 2.41. The van der Waals surface area contributed by atoms with E-state index < -0.39 is 0 Å². The maximum atomic E-state index is 6.28. The van der Waals surface area contributed by atoms with Crippen molar-refractivity contribution < 1.29 is 0 Å². The molecule has 0 aliphatic heterocycles. The molecule has 5 heteroatoms. The number of hydrogen-bond acceptors (Lipinski definition) is 2. The smallest absolute Gasteiger partial charge is 0.106 e. The Morgan fingerprint density at radius 3 is 2.48 bits per heavy atom. The standard InChI is InChI=1S/C16H16Cl2N2S/c1-10(12-5-3-4-6-14(12)18)20(2)15-8-7-11(17)9-13(15)16(19)21/h3-10H,1-2H3,(H2,19,21). The summed E-state index contributed by atoms with van der Waals surface area (Å²) < 4.78 is 0. The second kappa shape index (κ2) is 6.65. The molecule has 0 fully saturated rings. The Bertz CT molecular complexity index is 673. The van der Waals surface area contributed by atoms with Gasteiger partial charge in [-0.2, -0.15) is 0 Å². The highest BCUT2D eigenvalue weighted by atomic mass is 35.5. The first-order valence-electron chi connectivity index (χ1n) is 6.48. The number of benzene rings is 2. The Hall–Kier alpha value is -1.29. The molecule has 0 saturated carbocycles. The van der Waals surface area contributed by atoms with Crippen LogP contribution in [0, 0.1) is 0 Å². The molecule has 2 aromatic rings. The van der Waals surface area contributed by atoms with E-state index in [0.717, 1.165) is 21.8 Å². The Morgan fingerprint density at radius 2 is 1.86 bits per heavy atom. The van der Waals surface area contributed by atoms with E-state index in [1.54, 1.807) is 6.07 Å². The summed E-state index contributed by atoms with van der Waals surface area (Å²) in [6.07, 6.45) is 0. The lowest BCUT2D eigenvalue weighted by molar-refractivity contribution is 0.739. The number of hydrogen-bond donors (Lipinski definition) is 1. The number of thiocarbonyl (C=S) groups is 1. The molecule has 0 amide bonds. The molecule has 0 radical (unpaired) electrons. The van der Waals surface area contributed by atoms with Crippen LogP contribution in [0.25, 0.3) is 0 Å². The molecular formula is C16H16Cl2N2S. The molecule has 2 aromatic carbocycles. The molecule has 0 aliphatic rings. The summed E-state index contributed by atoms with van der Waals surface area (Å²) in [7, 11) is 1.99. The van der Waals surface area contributed by atoms with Crippen LogP contribution in [0.4, 0.5) is 5.69 Å². The molecule has 0 saturated heterocycles. The van der Waals surface area contributed by atoms with Crippen LogP contribution in [0.15, 0.2) is 42.5 Å². The van der Waals surface area contributed by atoms with E-state index in [1.807, 2.05) is 43.4 Å². The summed E-state index contributed by atoms with van der Waals surface area (Å²) in [5, 5.41) is 1.35. The molecule has 1 unspecified atom stereocenters. The zero-order valence-electron chi connectivity index (χ0n) is 11.8. The van der Waals surface area contributed by atoms with Gasteiger partial charge in [0, 0.05) is 28.3 Å². The third kappa shape index (κ3) is 3.49. The second-order valence-electron chi connectivity index (χ2n) is 4.83. The monoisotopic (exact) mass is 338 g/mol. The van der Waals surface area contributed by atoms with Crippen LogP contribution >= 0.6 is 35.4 Å². The van der Waals surface area contributed by atoms with Crippen LogP contribution in [0.1, 0.15) is 24.1 Å². The van der Waals surface area contributed by atoms with Crippen molar-refractivity contribution in [1.82, 2.24) is 0 Å². The van der Waals surface area contributed by atoms with Crippen molar-refractivity contribution in [3.05, 3.63) is 63.6 Å². The number of nitrogens with zero attached hydrogens (tertiary/aromatic N) is 1. The predicted octanol–water partition coefficient (Wildman–Crippen LogP) is 4.83. The van der Waals surface area contributed by atoms with Crippen LogP contribution in [0.2, 0.25) is 10.0 Å². The van der Waals surface area contributed by atoms with Crippen LogP contribution in [-0.2, 0) is 0 Å². The number of rotatable bonds is 4. The van der Waals surface area contributed by atoms with Gasteiger partial charge < -0.3 is 10.6 Å². The first kappa shape index (κ1) is 16.1. The zero-order chi connectivity index (χ0) is 15.6. The third-order valence-electron chi connectivity index (χ3n) is 3.54. The summed E-state index contributed by atoms with van der Waals surface area (Å²) in [6.45, 7) is 2.08. The van der Waals surface area contributed by atoms with Crippen molar-refractivity contribution in [3.63, 3.8) is 0 Å². The van der Waals surface area contributed by atoms with Gasteiger partial charge in [-0.15, -0.1) is 0 Å². The Morgan fingerprint density at radius 1 is 1.19 bits per heavy atom. The van der Waals surface area contributed by atoms with Gasteiger partial charge in [0.25, 0.3) is 0 Å². The predicted molar refractivity (Wildman–Crippen MR) is 95.6 cm³/mol. The van der Waals surface area contributed by atoms with Crippen LogP contribution in [0.5, 0.6) is 0 Å². The number of nitrogens with two attached hydrogens (primary N) is 1. The lowest BCUT2D eigenvalue weighted by Crippen LogP contribution is -2.25. The van der Waals surface area contributed by atoms with Crippen molar-refractivity contribution in [2.75, 3.05) is 11.9 Å². The highest BCUT2D eigenvalue weighted by Gasteiger charge is 2.18. The molecule has 21 heavy (non-hydrogen) atoms. The van der Waals surface area contributed by atoms with Crippen molar-refractivity contribution in [2.24, 2.45) is 5.73 Å². The van der Waals surface area contributed by atoms with E-state index in [4.69, 9.17) is 41.2 Å². The summed E-state index contributed by atoms with van der Waals surface area (Å²) >= 11 is 17.4. The molecular weight excluding hydrogens is 323 g/mol. The van der Waals surface area contributed by atoms with Crippen LogP contribution in [-0.4, -0.2) is 12.0 Å². The highest BCUT2D eigenvalue weighted by molar-refractivity contribution is 7.80. The Kier molecular flexibility index (Phi) is 5.09. The summed E-state index contributed by atoms with van der Waals surface area (Å²) in [5.41, 5.74) is 8.55. The molecule has 0 bridgehead atoms. The average Bonchev–Trinajstić information content (AvgIpc) is 2.46. The van der Waals surface area contributed by atoms with Crippen molar-refractivity contribution in [3.8, 4) is 0 Å². The fourth-order valence-electron chi connectivity index (χ4n) is 2.24. The van der Waals surface area contributed by atoms with Crippen molar-refractivity contribution in [2.45, 2.75) is 13.0 Å². The number of anilines is 1. The fraction of sp³-hybridized carbons (Fsp3) is 0.188. The largest absolute Gasteiger partial charge is 0.389 e. The van der Waals surface area contributed by atoms with Crippen molar-refractivity contribution in [1.29, 1.82) is 0 Å². The van der Waals surface area contributed by atoms with Gasteiger partial charge in [0.15, 0.2) is 0 Å². The van der Waals surface area contributed by atoms with E-state index in [9.17, 15) is 0 Å². The van der Waals surface area contributed by atoms with Crippen molar-refractivity contribution >= 4 is 46.1 Å². The first-order valence-corrected chi connectivity index (χ1v) is 7.65. The molecule has 1 atom stereocenters. The molecule has 2 nitrogen and oxygen atoms in total. The first-order chi connectivity index (χ1) is 9.91. The molecule has 0 spiro atoms. The van der Waals surface area contributed by atoms with E-state index in [2.05, 4.69) is 11.8 Å². The summed E-state index contributed by atoms with van der Waals surface area (Å²) in [6, 6.07) is 13.4. The third-order valence-corrected chi connectivity index (χ3v) is 4.34. The van der Waals surface area contributed by atoms with Gasteiger partial charge in [-0.1, -0.05) is 53.6 Å². The highest BCUT2D eigenvalue weighted by Crippen LogP contribution is 2.32. The SMILES string of the molecule is CC(c1ccccc1Cl)N(C)c1ccc(Cl)cc1C(N)=S. The molecule has 0 aromatic heterocycles. The van der Waals surface area contributed by atoms with Crippen LogP contribution in [0.3, 0.4) is 0 Å². The van der Waals surface area contributed by atoms with E-state index in [0.29, 0.717) is 10.0 Å². The topological polar surface area (TPSA) is 29.3 Å². The van der Waals surface area contributed by atoms with E-state index in [1.165, 1.54) is 0 Å². The Balaban J connectivity index is 2.43. The zero-order valence-corrected chi connectivity index (χ0v) is 14.1. The molecule has 2 rings (SSSR count). The average molecular weight is 339 g/mol. The maximum absolute atomic E-state index is 6.28. The minimum absolute atomic E-state index is 0.0768. The minimum atomic E-state index is 0.0768. The quantitative estimate of drug-likeness (QED) is 0.810. The van der Waals surface area contributed by atoms with Gasteiger partial charge in [0.2, 0.25) is 0 Å². The van der Waals surface area contributed by atoms with Gasteiger partial charge in [-0.3, -0.25) is 0 Å². The molecule has 0 heterocycles. The van der Waals surface area contributed by atoms with Gasteiger partial charge in [0.05, 0.1) is 6.04 Å². The fourth-order valence-corrected chi connectivity index (χ4v) is 2.87. The normalized spacial score (nSPS) is 12.0. The van der Waals surface area contributed by atoms with Gasteiger partial charge in [-0.05, 0) is 36.8 Å². The Labute approximate surface area is 140 Å². The van der Waals surface area contributed by atoms with E-state index in [-0.39, 0.29) is 6.04 Å². The lowest BCUT2D eigenvalue weighted by atomic mass is 10.0. The van der Waals surface area contributed by atoms with Gasteiger partial charge in [-0.25, -0.2) is 0 Å². The van der Waals surface area contributed by atoms with Gasteiger partial charge >= 0.3 is 0 Å². The second-order valence-corrected chi connectivity index (χ2v) is 6.12. The number of halogens is 2. The molecule has 2 N–H and O–H groups in total. The van der Waals surface area contributed by atoms with E-state index >= 15 is 0 Å². The molecule has 110 valence electrons. The summed E-state index contributed by atoms with van der Waals surface area (Å²) in [5.74, 6) is 0. The lowest BCUT2D eigenvalue weighted by Gasteiger charge is -2.30. The maximum Gasteiger partial charge on any atom is 0.106 e.